The van der Waals surface area contributed by atoms with Gasteiger partial charge in [0.05, 0.1) is 25.0 Å². The van der Waals surface area contributed by atoms with E-state index >= 15 is 0 Å². The highest BCUT2D eigenvalue weighted by atomic mass is 16.7. The van der Waals surface area contributed by atoms with Gasteiger partial charge in [0.2, 0.25) is 12.6 Å². The topological polar surface area (TPSA) is 115 Å². The lowest BCUT2D eigenvalue weighted by molar-refractivity contribution is 0.174. The lowest BCUT2D eigenvalue weighted by Crippen LogP contribution is -2.03. The molecule has 166 valence electrons. The summed E-state index contributed by atoms with van der Waals surface area (Å²) in [4.78, 5) is 4.77. The van der Waals surface area contributed by atoms with Crippen molar-refractivity contribution in [2.75, 3.05) is 20.5 Å². The van der Waals surface area contributed by atoms with Gasteiger partial charge in [-0.2, -0.15) is 5.21 Å². The average molecular weight is 443 g/mol. The van der Waals surface area contributed by atoms with Crippen LogP contribution in [0.2, 0.25) is 0 Å². The van der Waals surface area contributed by atoms with Crippen molar-refractivity contribution < 1.29 is 19.3 Å². The fourth-order valence-corrected chi connectivity index (χ4v) is 3.85. The van der Waals surface area contributed by atoms with Gasteiger partial charge in [0.1, 0.15) is 5.75 Å². The van der Waals surface area contributed by atoms with Crippen LogP contribution in [0.3, 0.4) is 0 Å². The third kappa shape index (κ3) is 3.90. The number of nitrogens with zero attached hydrogens (tertiary/aromatic N) is 4. The molecule has 9 nitrogen and oxygen atoms in total. The molecule has 0 atom stereocenters. The van der Waals surface area contributed by atoms with Gasteiger partial charge >= 0.3 is 0 Å². The zero-order chi connectivity index (χ0) is 22.8. The molecule has 2 N–H and O–H groups in total. The maximum atomic E-state index is 9.60. The molecular weight excluding hydrogens is 422 g/mol. The molecule has 0 bridgehead atoms. The Morgan fingerprint density at radius 3 is 2.61 bits per heavy atom. The summed E-state index contributed by atoms with van der Waals surface area (Å²) in [6.07, 6.45) is 2.24. The van der Waals surface area contributed by atoms with Gasteiger partial charge in [0.25, 0.3) is 0 Å². The second-order valence-electron chi connectivity index (χ2n) is 7.50. The number of nitrogens with one attached hydrogen (secondary N) is 1. The van der Waals surface area contributed by atoms with E-state index in [1.165, 1.54) is 0 Å². The normalized spacial score (nSPS) is 12.1. The number of methoxy groups -OCH3 is 1. The summed E-state index contributed by atoms with van der Waals surface area (Å²) in [5.41, 5.74) is 5.53. The SMILES string of the molecule is C=C(CO)Cc1cnc(-c2ccc3c(c2)OCO3)c(-c2nn[nH]n2)c1-c1ccc(OC)cc1. The molecule has 3 heterocycles. The van der Waals surface area contributed by atoms with Crippen LogP contribution in [0.25, 0.3) is 33.8 Å². The number of ether oxygens (including phenoxy) is 3. The molecule has 5 rings (SSSR count). The van der Waals surface area contributed by atoms with Crippen molar-refractivity contribution in [2.45, 2.75) is 6.42 Å². The molecule has 2 aromatic carbocycles. The molecule has 4 aromatic rings. The summed E-state index contributed by atoms with van der Waals surface area (Å²) in [5.74, 6) is 2.48. The number of fused-ring (bicyclic) bond motifs is 1. The molecule has 0 amide bonds. The number of benzene rings is 2. The lowest BCUT2D eigenvalue weighted by atomic mass is 9.89. The maximum absolute atomic E-state index is 9.60. The Hall–Kier alpha value is -4.24. The summed E-state index contributed by atoms with van der Waals surface area (Å²) in [5, 5.41) is 24.4. The molecule has 1 aliphatic heterocycles. The number of aliphatic hydroxyl groups is 1. The zero-order valence-electron chi connectivity index (χ0n) is 17.9. The van der Waals surface area contributed by atoms with E-state index in [9.17, 15) is 5.11 Å². The van der Waals surface area contributed by atoms with E-state index in [-0.39, 0.29) is 13.4 Å². The van der Waals surface area contributed by atoms with E-state index in [2.05, 4.69) is 27.2 Å². The molecule has 0 radical (unpaired) electrons. The minimum absolute atomic E-state index is 0.122. The second kappa shape index (κ2) is 8.71. The quantitative estimate of drug-likeness (QED) is 0.418. The van der Waals surface area contributed by atoms with Crippen molar-refractivity contribution in [1.29, 1.82) is 0 Å². The first kappa shape index (κ1) is 20.7. The summed E-state index contributed by atoms with van der Waals surface area (Å²) in [6, 6.07) is 13.4. The van der Waals surface area contributed by atoms with Gasteiger partial charge in [-0.1, -0.05) is 18.7 Å². The summed E-state index contributed by atoms with van der Waals surface area (Å²) < 4.78 is 16.4. The lowest BCUT2D eigenvalue weighted by Gasteiger charge is -2.18. The van der Waals surface area contributed by atoms with Crippen LogP contribution >= 0.6 is 0 Å². The zero-order valence-corrected chi connectivity index (χ0v) is 17.9. The highest BCUT2D eigenvalue weighted by Crippen LogP contribution is 2.43. The first-order chi connectivity index (χ1) is 16.2. The van der Waals surface area contributed by atoms with E-state index in [1.807, 2.05) is 42.5 Å². The van der Waals surface area contributed by atoms with Gasteiger partial charge in [-0.15, -0.1) is 10.2 Å². The number of hydrogen-bond donors (Lipinski definition) is 2. The fraction of sp³-hybridized carbons (Fsp3) is 0.167. The molecule has 9 heteroatoms. The Morgan fingerprint density at radius 1 is 1.09 bits per heavy atom. The monoisotopic (exact) mass is 443 g/mol. The van der Waals surface area contributed by atoms with Gasteiger partial charge in [-0.05, 0) is 58.7 Å². The van der Waals surface area contributed by atoms with Crippen molar-refractivity contribution in [3.8, 4) is 51.0 Å². The van der Waals surface area contributed by atoms with Crippen LogP contribution in [0.1, 0.15) is 5.56 Å². The Morgan fingerprint density at radius 2 is 1.88 bits per heavy atom. The van der Waals surface area contributed by atoms with Crippen molar-refractivity contribution in [3.63, 3.8) is 0 Å². The highest BCUT2D eigenvalue weighted by molar-refractivity contribution is 5.92. The number of pyridine rings is 1. The molecule has 0 aliphatic carbocycles. The second-order valence-corrected chi connectivity index (χ2v) is 7.50. The van der Waals surface area contributed by atoms with Crippen molar-refractivity contribution in [2.24, 2.45) is 0 Å². The van der Waals surface area contributed by atoms with E-state index < -0.39 is 0 Å². The summed E-state index contributed by atoms with van der Waals surface area (Å²) in [7, 11) is 1.63. The van der Waals surface area contributed by atoms with Gasteiger partial charge in [-0.25, -0.2) is 0 Å². The number of aromatic amines is 1. The van der Waals surface area contributed by atoms with Crippen LogP contribution in [0.5, 0.6) is 17.2 Å². The Bertz CT molecular complexity index is 1300. The van der Waals surface area contributed by atoms with Crippen molar-refractivity contribution >= 4 is 0 Å². The van der Waals surface area contributed by atoms with Gasteiger partial charge < -0.3 is 19.3 Å². The van der Waals surface area contributed by atoms with Crippen LogP contribution in [0.15, 0.2) is 60.8 Å². The summed E-state index contributed by atoms with van der Waals surface area (Å²) >= 11 is 0. The predicted octanol–water partition coefficient (Wildman–Crippen LogP) is 3.42. The molecule has 0 saturated carbocycles. The number of H-pyrrole nitrogens is 1. The van der Waals surface area contributed by atoms with E-state index in [0.717, 1.165) is 28.0 Å². The number of hydrogen-bond acceptors (Lipinski definition) is 8. The van der Waals surface area contributed by atoms with Crippen LogP contribution in [-0.4, -0.2) is 51.2 Å². The molecule has 1 aliphatic rings. The van der Waals surface area contributed by atoms with Gasteiger partial charge in [0.15, 0.2) is 11.5 Å². The van der Waals surface area contributed by atoms with Crippen LogP contribution in [0, 0.1) is 0 Å². The maximum Gasteiger partial charge on any atom is 0.231 e. The molecule has 0 spiro atoms. The Balaban J connectivity index is 1.77. The standard InChI is InChI=1S/C24H21N5O4/c1-14(12-30)9-17-11-25-23(16-5-8-19-20(10-16)33-13-32-19)22(24-26-28-29-27-24)21(17)15-3-6-18(31-2)7-4-15/h3-8,10-11,30H,1,9,12-13H2,2H3,(H,26,27,28,29). The van der Waals surface area contributed by atoms with E-state index in [1.54, 1.807) is 13.3 Å². The Kier molecular flexibility index (Phi) is 5.45. The number of aliphatic hydroxyl groups excluding tert-OH is 1. The average Bonchev–Trinajstić information content (AvgIpc) is 3.55. The number of rotatable bonds is 7. The number of aromatic nitrogens is 5. The van der Waals surface area contributed by atoms with Crippen molar-refractivity contribution in [3.05, 3.63) is 66.4 Å². The summed E-state index contributed by atoms with van der Waals surface area (Å²) in [6.45, 7) is 4.03. The minimum atomic E-state index is -0.122. The molecular formula is C24H21N5O4. The predicted molar refractivity (Wildman–Crippen MR) is 121 cm³/mol. The first-order valence-electron chi connectivity index (χ1n) is 10.3. The van der Waals surface area contributed by atoms with Crippen LogP contribution < -0.4 is 14.2 Å². The van der Waals surface area contributed by atoms with Gasteiger partial charge in [0, 0.05) is 17.3 Å². The molecule has 0 unspecified atom stereocenters. The third-order valence-corrected chi connectivity index (χ3v) is 5.42. The Labute approximate surface area is 189 Å². The first-order valence-corrected chi connectivity index (χ1v) is 10.3. The molecule has 0 saturated heterocycles. The number of tetrazole rings is 1. The van der Waals surface area contributed by atoms with Crippen LogP contribution in [0.4, 0.5) is 0 Å². The molecule has 33 heavy (non-hydrogen) atoms. The largest absolute Gasteiger partial charge is 0.497 e. The molecule has 2 aromatic heterocycles. The third-order valence-electron chi connectivity index (χ3n) is 5.42. The van der Waals surface area contributed by atoms with Gasteiger partial charge in [-0.3, -0.25) is 4.98 Å². The van der Waals surface area contributed by atoms with Crippen LogP contribution in [-0.2, 0) is 6.42 Å². The smallest absolute Gasteiger partial charge is 0.231 e. The molecule has 0 fully saturated rings. The van der Waals surface area contributed by atoms with Crippen molar-refractivity contribution in [1.82, 2.24) is 25.6 Å². The van der Waals surface area contributed by atoms with E-state index in [0.29, 0.717) is 40.6 Å². The highest BCUT2D eigenvalue weighted by Gasteiger charge is 2.24. The fourth-order valence-electron chi connectivity index (χ4n) is 3.85. The minimum Gasteiger partial charge on any atom is -0.497 e. The van der Waals surface area contributed by atoms with E-state index in [4.69, 9.17) is 19.2 Å².